The van der Waals surface area contributed by atoms with Crippen molar-refractivity contribution in [2.45, 2.75) is 0 Å². The Morgan fingerprint density at radius 2 is 2.12 bits per heavy atom. The van der Waals surface area contributed by atoms with Crippen LogP contribution in [0.5, 0.6) is 0 Å². The van der Waals surface area contributed by atoms with Gasteiger partial charge in [-0.05, 0) is 11.8 Å². The first-order valence-corrected chi connectivity index (χ1v) is 3.95. The minimum atomic E-state index is -3.28. The molecule has 0 fully saturated rings. The molecule has 0 spiro atoms. The number of hydrogen-bond donors (Lipinski definition) is 2. The molecule has 3 N–H and O–H groups in total. The van der Waals surface area contributed by atoms with Gasteiger partial charge in [0.05, 0.1) is 5.75 Å². The molecule has 8 heavy (non-hydrogen) atoms. The standard InChI is InChI=1S/C2H7ClN2O2S/c3-5-8(6,7)2-1-4/h5H,1-2,4H2. The Bertz CT molecular complexity index is 142. The van der Waals surface area contributed by atoms with Crippen LogP contribution in [0.2, 0.25) is 0 Å². The van der Waals surface area contributed by atoms with Crippen LogP contribution < -0.4 is 9.97 Å². The summed E-state index contributed by atoms with van der Waals surface area (Å²) < 4.78 is 22.2. The summed E-state index contributed by atoms with van der Waals surface area (Å²) in [6, 6.07) is 0. The highest BCUT2D eigenvalue weighted by Gasteiger charge is 2.03. The molecular weight excluding hydrogens is 152 g/mol. The van der Waals surface area contributed by atoms with Crippen molar-refractivity contribution in [2.24, 2.45) is 5.73 Å². The van der Waals surface area contributed by atoms with Gasteiger partial charge in [-0.1, -0.05) is 0 Å². The molecule has 0 aliphatic carbocycles. The van der Waals surface area contributed by atoms with Crippen LogP contribution in [-0.4, -0.2) is 20.7 Å². The first-order chi connectivity index (χ1) is 3.62. The summed E-state index contributed by atoms with van der Waals surface area (Å²) in [5.74, 6) is -0.128. The first-order valence-electron chi connectivity index (χ1n) is 1.92. The van der Waals surface area contributed by atoms with E-state index in [0.29, 0.717) is 0 Å². The number of sulfonamides is 1. The predicted molar refractivity (Wildman–Crippen MR) is 31.8 cm³/mol. The molecule has 0 aromatic carbocycles. The van der Waals surface area contributed by atoms with Crippen LogP contribution in [0.3, 0.4) is 0 Å². The van der Waals surface area contributed by atoms with Gasteiger partial charge in [0, 0.05) is 6.54 Å². The maximum atomic E-state index is 10.3. The Morgan fingerprint density at radius 3 is 2.25 bits per heavy atom. The van der Waals surface area contributed by atoms with Gasteiger partial charge in [-0.15, -0.1) is 4.24 Å². The van der Waals surface area contributed by atoms with E-state index in [1.54, 1.807) is 4.24 Å². The fraction of sp³-hybridized carbons (Fsp3) is 1.00. The molecule has 0 rings (SSSR count). The lowest BCUT2D eigenvalue weighted by Gasteiger charge is -1.93. The SMILES string of the molecule is NCCS(=O)(=O)NCl. The smallest absolute Gasteiger partial charge is 0.226 e. The largest absolute Gasteiger partial charge is 0.329 e. The van der Waals surface area contributed by atoms with Gasteiger partial charge in [0.15, 0.2) is 0 Å². The van der Waals surface area contributed by atoms with Crippen LogP contribution in [0.25, 0.3) is 0 Å². The summed E-state index contributed by atoms with van der Waals surface area (Å²) in [5, 5.41) is 0. The Kier molecular flexibility index (Phi) is 3.30. The fourth-order valence-corrected chi connectivity index (χ4v) is 0.813. The molecule has 0 radical (unpaired) electrons. The zero-order chi connectivity index (χ0) is 6.62. The normalized spacial score (nSPS) is 11.8. The Labute approximate surface area is 53.2 Å². The van der Waals surface area contributed by atoms with Crippen LogP contribution >= 0.6 is 11.8 Å². The van der Waals surface area contributed by atoms with Crippen molar-refractivity contribution in [2.75, 3.05) is 12.3 Å². The van der Waals surface area contributed by atoms with E-state index in [1.807, 2.05) is 0 Å². The lowest BCUT2D eigenvalue weighted by Crippen LogP contribution is -2.22. The van der Waals surface area contributed by atoms with E-state index in [4.69, 9.17) is 17.5 Å². The summed E-state index contributed by atoms with van der Waals surface area (Å²) in [6.07, 6.45) is 0. The van der Waals surface area contributed by atoms with E-state index in [0.717, 1.165) is 0 Å². The van der Waals surface area contributed by atoms with Gasteiger partial charge in [0.1, 0.15) is 0 Å². The molecular formula is C2H7ClN2O2S. The van der Waals surface area contributed by atoms with Crippen LogP contribution in [0.4, 0.5) is 0 Å². The average molecular weight is 159 g/mol. The lowest BCUT2D eigenvalue weighted by molar-refractivity contribution is 0.594. The molecule has 0 aromatic heterocycles. The summed E-state index contributed by atoms with van der Waals surface area (Å²) >= 11 is 4.78. The lowest BCUT2D eigenvalue weighted by atomic mass is 10.8. The second kappa shape index (κ2) is 3.24. The topological polar surface area (TPSA) is 72.2 Å². The van der Waals surface area contributed by atoms with Crippen molar-refractivity contribution in [1.82, 2.24) is 4.24 Å². The van der Waals surface area contributed by atoms with Crippen molar-refractivity contribution in [3.05, 3.63) is 0 Å². The Morgan fingerprint density at radius 1 is 1.62 bits per heavy atom. The first kappa shape index (κ1) is 8.16. The van der Waals surface area contributed by atoms with Crippen LogP contribution in [0.1, 0.15) is 0 Å². The molecule has 0 saturated carbocycles. The van der Waals surface area contributed by atoms with E-state index in [9.17, 15) is 8.42 Å². The molecule has 0 saturated heterocycles. The molecule has 0 unspecified atom stereocenters. The third-order valence-electron chi connectivity index (χ3n) is 0.504. The quantitative estimate of drug-likeness (QED) is 0.519. The second-order valence-electron chi connectivity index (χ2n) is 1.18. The van der Waals surface area contributed by atoms with Crippen LogP contribution in [-0.2, 0) is 10.0 Å². The maximum absolute atomic E-state index is 10.3. The van der Waals surface area contributed by atoms with E-state index in [-0.39, 0.29) is 12.3 Å². The molecule has 0 aromatic rings. The highest BCUT2D eigenvalue weighted by molar-refractivity contribution is 7.90. The van der Waals surface area contributed by atoms with Crippen molar-refractivity contribution >= 4 is 21.8 Å². The number of nitrogens with two attached hydrogens (primary N) is 1. The third-order valence-corrected chi connectivity index (χ3v) is 2.22. The van der Waals surface area contributed by atoms with Crippen molar-refractivity contribution in [1.29, 1.82) is 0 Å². The molecule has 0 heterocycles. The molecule has 0 bridgehead atoms. The molecule has 0 aliphatic rings. The van der Waals surface area contributed by atoms with Gasteiger partial charge in [0.25, 0.3) is 0 Å². The number of rotatable bonds is 3. The van der Waals surface area contributed by atoms with Gasteiger partial charge in [-0.2, -0.15) is 0 Å². The fourth-order valence-electron chi connectivity index (χ4n) is 0.194. The summed E-state index contributed by atoms with van der Waals surface area (Å²) in [6.45, 7) is 0.0854. The second-order valence-corrected chi connectivity index (χ2v) is 3.44. The van der Waals surface area contributed by atoms with E-state index < -0.39 is 10.0 Å². The van der Waals surface area contributed by atoms with E-state index in [1.165, 1.54) is 0 Å². The van der Waals surface area contributed by atoms with E-state index >= 15 is 0 Å². The Hall–Kier alpha value is 0.160. The Balaban J connectivity index is 3.76. The summed E-state index contributed by atoms with van der Waals surface area (Å²) in [5.41, 5.74) is 4.91. The van der Waals surface area contributed by atoms with Gasteiger partial charge < -0.3 is 5.73 Å². The molecule has 0 amide bonds. The molecule has 6 heteroatoms. The average Bonchev–Trinajstić information content (AvgIpc) is 1.67. The number of halogens is 1. The molecule has 0 atom stereocenters. The van der Waals surface area contributed by atoms with Crippen molar-refractivity contribution in [3.63, 3.8) is 0 Å². The highest BCUT2D eigenvalue weighted by atomic mass is 35.5. The number of hydrogen-bond acceptors (Lipinski definition) is 3. The molecule has 50 valence electrons. The molecule has 0 aliphatic heterocycles. The third kappa shape index (κ3) is 3.20. The zero-order valence-electron chi connectivity index (χ0n) is 4.09. The minimum Gasteiger partial charge on any atom is -0.329 e. The summed E-state index contributed by atoms with van der Waals surface area (Å²) in [7, 11) is -3.28. The van der Waals surface area contributed by atoms with Crippen molar-refractivity contribution < 1.29 is 8.42 Å². The number of nitrogens with one attached hydrogen (secondary N) is 1. The van der Waals surface area contributed by atoms with Crippen LogP contribution in [0, 0.1) is 0 Å². The van der Waals surface area contributed by atoms with Crippen LogP contribution in [0.15, 0.2) is 0 Å². The molecule has 4 nitrogen and oxygen atoms in total. The van der Waals surface area contributed by atoms with Gasteiger partial charge in [0.2, 0.25) is 10.0 Å². The van der Waals surface area contributed by atoms with Gasteiger partial charge in [-0.25, -0.2) is 8.42 Å². The summed E-state index contributed by atoms with van der Waals surface area (Å²) in [4.78, 5) is 0. The monoisotopic (exact) mass is 158 g/mol. The maximum Gasteiger partial charge on any atom is 0.226 e. The predicted octanol–water partition coefficient (Wildman–Crippen LogP) is -0.982. The zero-order valence-corrected chi connectivity index (χ0v) is 5.67. The van der Waals surface area contributed by atoms with Gasteiger partial charge in [-0.3, -0.25) is 0 Å². The van der Waals surface area contributed by atoms with E-state index in [2.05, 4.69) is 0 Å². The van der Waals surface area contributed by atoms with Gasteiger partial charge >= 0.3 is 0 Å². The highest BCUT2D eigenvalue weighted by Crippen LogP contribution is 1.80. The minimum absolute atomic E-state index is 0.0854. The van der Waals surface area contributed by atoms with Crippen molar-refractivity contribution in [3.8, 4) is 0 Å².